The van der Waals surface area contributed by atoms with Gasteiger partial charge in [-0.05, 0) is 18.0 Å². The molecular weight excluding hydrogens is 212 g/mol. The van der Waals surface area contributed by atoms with E-state index in [1.165, 1.54) is 6.07 Å². The lowest BCUT2D eigenvalue weighted by Crippen LogP contribution is -2.02. The van der Waals surface area contributed by atoms with Crippen LogP contribution in [0.4, 0.5) is 5.69 Å². The normalized spacial score (nSPS) is 11.6. The maximum atomic E-state index is 10.7. The number of aliphatic hydroxyl groups is 1. The van der Waals surface area contributed by atoms with Crippen LogP contribution < -0.4 is 0 Å². The molecule has 7 nitrogen and oxygen atoms in total. The van der Waals surface area contributed by atoms with Crippen LogP contribution >= 0.6 is 0 Å². The molecule has 16 heavy (non-hydrogen) atoms. The Morgan fingerprint density at radius 1 is 1.69 bits per heavy atom. The minimum Gasteiger partial charge on any atom is -0.396 e. The highest BCUT2D eigenvalue weighted by atomic mass is 16.6. The monoisotopic (exact) mass is 222 g/mol. The lowest BCUT2D eigenvalue weighted by atomic mass is 10.0. The van der Waals surface area contributed by atoms with Gasteiger partial charge in [0, 0.05) is 16.5 Å². The third kappa shape index (κ3) is 2.47. The minimum atomic E-state index is -0.788. The Morgan fingerprint density at radius 2 is 2.38 bits per heavy atom. The molecule has 1 N–H and O–H groups in total. The van der Waals surface area contributed by atoms with Crippen molar-refractivity contribution < 1.29 is 10.0 Å². The number of rotatable bonds is 4. The SMILES string of the molecule is Cc1ccc(C(CO)N=[N+]=[N-])cc1[N+](=O)[O-]. The van der Waals surface area contributed by atoms with E-state index < -0.39 is 11.0 Å². The van der Waals surface area contributed by atoms with E-state index >= 15 is 0 Å². The summed E-state index contributed by atoms with van der Waals surface area (Å²) in [5, 5.41) is 23.0. The van der Waals surface area contributed by atoms with Gasteiger partial charge in [-0.1, -0.05) is 17.2 Å². The number of benzene rings is 1. The summed E-state index contributed by atoms with van der Waals surface area (Å²) in [5.74, 6) is 0. The van der Waals surface area contributed by atoms with Crippen molar-refractivity contribution in [1.29, 1.82) is 0 Å². The number of hydrogen-bond donors (Lipinski definition) is 1. The van der Waals surface area contributed by atoms with Gasteiger partial charge in [-0.2, -0.15) is 0 Å². The maximum absolute atomic E-state index is 10.7. The van der Waals surface area contributed by atoms with E-state index in [1.54, 1.807) is 19.1 Å². The predicted octanol–water partition coefficient (Wildman–Crippen LogP) is 2.25. The van der Waals surface area contributed by atoms with Crippen molar-refractivity contribution in [2.24, 2.45) is 5.11 Å². The molecule has 0 saturated heterocycles. The molecule has 0 radical (unpaired) electrons. The van der Waals surface area contributed by atoms with Crippen molar-refractivity contribution in [2.75, 3.05) is 6.61 Å². The van der Waals surface area contributed by atoms with Crippen LogP contribution in [0.1, 0.15) is 17.2 Å². The summed E-state index contributed by atoms with van der Waals surface area (Å²) >= 11 is 0. The van der Waals surface area contributed by atoms with Crippen molar-refractivity contribution in [1.82, 2.24) is 0 Å². The smallest absolute Gasteiger partial charge is 0.272 e. The quantitative estimate of drug-likeness (QED) is 0.277. The largest absolute Gasteiger partial charge is 0.396 e. The van der Waals surface area contributed by atoms with Crippen LogP contribution in [0.15, 0.2) is 23.3 Å². The second-order valence-corrected chi connectivity index (χ2v) is 3.21. The average molecular weight is 222 g/mol. The number of nitro groups is 1. The molecule has 0 spiro atoms. The molecule has 7 heteroatoms. The molecule has 1 atom stereocenters. The number of azide groups is 1. The molecule has 0 bridgehead atoms. The Morgan fingerprint density at radius 3 is 2.88 bits per heavy atom. The van der Waals surface area contributed by atoms with Crippen LogP contribution in [0.25, 0.3) is 10.4 Å². The van der Waals surface area contributed by atoms with E-state index in [0.717, 1.165) is 0 Å². The summed E-state index contributed by atoms with van der Waals surface area (Å²) < 4.78 is 0. The van der Waals surface area contributed by atoms with Crippen molar-refractivity contribution in [3.05, 3.63) is 49.9 Å². The molecule has 1 rings (SSSR count). The van der Waals surface area contributed by atoms with E-state index in [0.29, 0.717) is 11.1 Å². The third-order valence-corrected chi connectivity index (χ3v) is 2.18. The van der Waals surface area contributed by atoms with Gasteiger partial charge in [0.05, 0.1) is 17.6 Å². The highest BCUT2D eigenvalue weighted by Crippen LogP contribution is 2.25. The fourth-order valence-electron chi connectivity index (χ4n) is 1.30. The summed E-state index contributed by atoms with van der Waals surface area (Å²) in [7, 11) is 0. The van der Waals surface area contributed by atoms with Gasteiger partial charge in [0.25, 0.3) is 5.69 Å². The summed E-state index contributed by atoms with van der Waals surface area (Å²) in [6.07, 6.45) is 0. The molecule has 0 heterocycles. The molecule has 1 aromatic rings. The van der Waals surface area contributed by atoms with Gasteiger partial charge >= 0.3 is 0 Å². The molecule has 0 aliphatic heterocycles. The lowest BCUT2D eigenvalue weighted by molar-refractivity contribution is -0.385. The Bertz CT molecular complexity index is 454. The van der Waals surface area contributed by atoms with Crippen LogP contribution in [0.2, 0.25) is 0 Å². The molecule has 0 amide bonds. The first-order valence-electron chi connectivity index (χ1n) is 4.50. The van der Waals surface area contributed by atoms with Crippen LogP contribution in [-0.2, 0) is 0 Å². The molecule has 0 fully saturated rings. The Balaban J connectivity index is 3.20. The zero-order chi connectivity index (χ0) is 12.1. The Labute approximate surface area is 91.1 Å². The molecule has 84 valence electrons. The van der Waals surface area contributed by atoms with E-state index in [1.807, 2.05) is 0 Å². The first kappa shape index (κ1) is 12.0. The molecule has 0 saturated carbocycles. The summed E-state index contributed by atoms with van der Waals surface area (Å²) in [6.45, 7) is 1.23. The number of aliphatic hydroxyl groups excluding tert-OH is 1. The topological polar surface area (TPSA) is 112 Å². The third-order valence-electron chi connectivity index (χ3n) is 2.18. The zero-order valence-electron chi connectivity index (χ0n) is 8.57. The number of nitrogens with zero attached hydrogens (tertiary/aromatic N) is 4. The molecule has 0 aliphatic carbocycles. The minimum absolute atomic E-state index is 0.0518. The highest BCUT2D eigenvalue weighted by molar-refractivity contribution is 5.43. The first-order valence-corrected chi connectivity index (χ1v) is 4.50. The van der Waals surface area contributed by atoms with Gasteiger partial charge < -0.3 is 5.11 Å². The Hall–Kier alpha value is -2.11. The van der Waals surface area contributed by atoms with Crippen LogP contribution in [0.5, 0.6) is 0 Å². The molecular formula is C9H10N4O3. The predicted molar refractivity (Wildman–Crippen MR) is 56.8 cm³/mol. The molecule has 0 aromatic heterocycles. The summed E-state index contributed by atoms with van der Waals surface area (Å²) in [5.41, 5.74) is 9.17. The van der Waals surface area contributed by atoms with Crippen molar-refractivity contribution in [3.8, 4) is 0 Å². The van der Waals surface area contributed by atoms with Crippen LogP contribution in [0.3, 0.4) is 0 Å². The number of aryl methyl sites for hydroxylation is 1. The second-order valence-electron chi connectivity index (χ2n) is 3.21. The van der Waals surface area contributed by atoms with Crippen molar-refractivity contribution in [3.63, 3.8) is 0 Å². The van der Waals surface area contributed by atoms with E-state index in [4.69, 9.17) is 10.6 Å². The van der Waals surface area contributed by atoms with Crippen LogP contribution in [-0.4, -0.2) is 16.6 Å². The van der Waals surface area contributed by atoms with E-state index in [2.05, 4.69) is 10.0 Å². The van der Waals surface area contributed by atoms with Crippen LogP contribution in [0, 0.1) is 17.0 Å². The maximum Gasteiger partial charge on any atom is 0.272 e. The van der Waals surface area contributed by atoms with E-state index in [9.17, 15) is 10.1 Å². The average Bonchev–Trinajstić information content (AvgIpc) is 2.26. The first-order chi connectivity index (χ1) is 7.60. The molecule has 1 unspecified atom stereocenters. The van der Waals surface area contributed by atoms with E-state index in [-0.39, 0.29) is 12.3 Å². The number of hydrogen-bond acceptors (Lipinski definition) is 4. The highest BCUT2D eigenvalue weighted by Gasteiger charge is 2.15. The van der Waals surface area contributed by atoms with Gasteiger partial charge in [0.1, 0.15) is 0 Å². The lowest BCUT2D eigenvalue weighted by Gasteiger charge is -2.08. The fraction of sp³-hybridized carbons (Fsp3) is 0.333. The van der Waals surface area contributed by atoms with Gasteiger partial charge in [0.2, 0.25) is 0 Å². The van der Waals surface area contributed by atoms with Gasteiger partial charge in [-0.25, -0.2) is 0 Å². The van der Waals surface area contributed by atoms with Crippen molar-refractivity contribution in [2.45, 2.75) is 13.0 Å². The Kier molecular flexibility index (Phi) is 3.82. The number of nitro benzene ring substituents is 1. The summed E-state index contributed by atoms with van der Waals surface area (Å²) in [4.78, 5) is 12.7. The molecule has 1 aromatic carbocycles. The second kappa shape index (κ2) is 5.11. The van der Waals surface area contributed by atoms with Gasteiger partial charge in [0.15, 0.2) is 0 Å². The fourth-order valence-corrected chi connectivity index (χ4v) is 1.30. The van der Waals surface area contributed by atoms with Gasteiger partial charge in [-0.3, -0.25) is 10.1 Å². The van der Waals surface area contributed by atoms with Crippen molar-refractivity contribution >= 4 is 5.69 Å². The standard InChI is InChI=1S/C9H10N4O3/c1-6-2-3-7(4-9(6)13(15)16)8(5-14)11-12-10/h2-4,8,14H,5H2,1H3. The molecule has 0 aliphatic rings. The van der Waals surface area contributed by atoms with Gasteiger partial charge in [-0.15, -0.1) is 0 Å². The summed E-state index contributed by atoms with van der Waals surface area (Å²) in [6, 6.07) is 3.68. The zero-order valence-corrected chi connectivity index (χ0v) is 8.57.